The van der Waals surface area contributed by atoms with Crippen LogP contribution in [0.25, 0.3) is 0 Å². The topological polar surface area (TPSA) is 71.4 Å². The molecule has 1 aromatic rings. The van der Waals surface area contributed by atoms with Gasteiger partial charge in [0.05, 0.1) is 6.04 Å². The maximum absolute atomic E-state index is 12.6. The Balaban J connectivity index is 1.91. The van der Waals surface area contributed by atoms with Crippen molar-refractivity contribution in [1.29, 1.82) is 0 Å². The van der Waals surface area contributed by atoms with E-state index in [2.05, 4.69) is 5.32 Å². The highest BCUT2D eigenvalue weighted by atomic mass is 16.2. The lowest BCUT2D eigenvalue weighted by Gasteiger charge is -2.34. The van der Waals surface area contributed by atoms with Crippen LogP contribution >= 0.6 is 0 Å². The summed E-state index contributed by atoms with van der Waals surface area (Å²) in [6, 6.07) is 2.69. The van der Waals surface area contributed by atoms with Gasteiger partial charge in [0.15, 0.2) is 0 Å². The summed E-state index contributed by atoms with van der Waals surface area (Å²) in [7, 11) is 0. The number of fused-ring (bicyclic) bond motifs is 2. The molecule has 2 saturated heterocycles. The number of nitrogens with zero attached hydrogens (tertiary/aromatic N) is 2. The first kappa shape index (κ1) is 12.9. The fourth-order valence-electron chi connectivity index (χ4n) is 3.04. The van der Waals surface area contributed by atoms with Crippen molar-refractivity contribution in [2.45, 2.75) is 38.4 Å². The van der Waals surface area contributed by atoms with Crippen molar-refractivity contribution >= 4 is 11.8 Å². The molecule has 1 aromatic heterocycles. The van der Waals surface area contributed by atoms with E-state index >= 15 is 0 Å². The number of carbonyl (C=O) groups is 2. The molecule has 6 heteroatoms. The molecule has 2 aliphatic heterocycles. The number of pyridine rings is 1. The second kappa shape index (κ2) is 4.77. The van der Waals surface area contributed by atoms with E-state index in [1.54, 1.807) is 17.2 Å². The van der Waals surface area contributed by atoms with E-state index in [0.29, 0.717) is 25.1 Å². The Labute approximate surface area is 116 Å². The van der Waals surface area contributed by atoms with Crippen LogP contribution in [0, 0.1) is 0 Å². The summed E-state index contributed by atoms with van der Waals surface area (Å²) in [4.78, 5) is 37.8. The molecule has 1 N–H and O–H groups in total. The van der Waals surface area contributed by atoms with Gasteiger partial charge >= 0.3 is 0 Å². The van der Waals surface area contributed by atoms with Crippen LogP contribution in [0.2, 0.25) is 0 Å². The maximum Gasteiger partial charge on any atom is 0.255 e. The number of aryl methyl sites for hydroxylation is 1. The monoisotopic (exact) mass is 275 g/mol. The lowest BCUT2D eigenvalue weighted by molar-refractivity contribution is -0.127. The molecule has 0 saturated carbocycles. The fourth-order valence-corrected chi connectivity index (χ4v) is 3.04. The van der Waals surface area contributed by atoms with Crippen LogP contribution in [0.1, 0.15) is 30.1 Å². The van der Waals surface area contributed by atoms with Crippen LogP contribution in [0.15, 0.2) is 23.1 Å². The summed E-state index contributed by atoms with van der Waals surface area (Å²) in [5.74, 6) is -0.304. The zero-order valence-electron chi connectivity index (χ0n) is 11.3. The Morgan fingerprint density at radius 1 is 1.40 bits per heavy atom. The first-order chi connectivity index (χ1) is 9.61. The molecular weight excluding hydrogens is 258 g/mol. The second-order valence-electron chi connectivity index (χ2n) is 5.24. The lowest BCUT2D eigenvalue weighted by Crippen LogP contribution is -2.57. The second-order valence-corrected chi connectivity index (χ2v) is 5.24. The number of aromatic nitrogens is 1. The largest absolute Gasteiger partial charge is 0.352 e. The van der Waals surface area contributed by atoms with E-state index < -0.39 is 0 Å². The van der Waals surface area contributed by atoms with Crippen molar-refractivity contribution in [3.63, 3.8) is 0 Å². The zero-order chi connectivity index (χ0) is 14.3. The van der Waals surface area contributed by atoms with Gasteiger partial charge in [-0.15, -0.1) is 0 Å². The van der Waals surface area contributed by atoms with Gasteiger partial charge in [0.25, 0.3) is 11.5 Å². The van der Waals surface area contributed by atoms with E-state index in [1.165, 1.54) is 10.6 Å². The molecular formula is C14H17N3O3. The van der Waals surface area contributed by atoms with Gasteiger partial charge in [0, 0.05) is 30.9 Å². The summed E-state index contributed by atoms with van der Waals surface area (Å²) in [5, 5.41) is 2.81. The first-order valence-corrected chi connectivity index (χ1v) is 6.92. The molecule has 0 aliphatic carbocycles. The summed E-state index contributed by atoms with van der Waals surface area (Å²) in [6.45, 7) is 2.95. The summed E-state index contributed by atoms with van der Waals surface area (Å²) >= 11 is 0. The number of piperazine rings is 1. The SMILES string of the molecule is CCn1ccc(C(=O)N2C3CCC2C(=O)NC3)cc1=O. The number of hydrogen-bond acceptors (Lipinski definition) is 3. The van der Waals surface area contributed by atoms with Gasteiger partial charge in [-0.05, 0) is 25.8 Å². The minimum absolute atomic E-state index is 0.0545. The Morgan fingerprint density at radius 3 is 2.90 bits per heavy atom. The highest BCUT2D eigenvalue weighted by molar-refractivity contribution is 5.98. The van der Waals surface area contributed by atoms with Gasteiger partial charge in [-0.25, -0.2) is 0 Å². The molecule has 2 unspecified atom stereocenters. The van der Waals surface area contributed by atoms with Gasteiger partial charge in [0.2, 0.25) is 5.91 Å². The summed E-state index contributed by atoms with van der Waals surface area (Å²) < 4.78 is 1.54. The highest BCUT2D eigenvalue weighted by Gasteiger charge is 2.44. The van der Waals surface area contributed by atoms with Crippen molar-refractivity contribution in [1.82, 2.24) is 14.8 Å². The molecule has 0 aromatic carbocycles. The molecule has 6 nitrogen and oxygen atoms in total. The van der Waals surface area contributed by atoms with E-state index in [1.807, 2.05) is 6.92 Å². The molecule has 3 heterocycles. The third kappa shape index (κ3) is 1.92. The first-order valence-electron chi connectivity index (χ1n) is 6.92. The van der Waals surface area contributed by atoms with Gasteiger partial charge < -0.3 is 14.8 Å². The van der Waals surface area contributed by atoms with Crippen molar-refractivity contribution in [3.8, 4) is 0 Å². The van der Waals surface area contributed by atoms with E-state index in [9.17, 15) is 14.4 Å². The molecule has 3 rings (SSSR count). The minimum atomic E-state index is -0.380. The number of amides is 2. The van der Waals surface area contributed by atoms with Crippen LogP contribution in [0.4, 0.5) is 0 Å². The molecule has 2 atom stereocenters. The smallest absolute Gasteiger partial charge is 0.255 e. The predicted octanol–water partition coefficient (Wildman–Crippen LogP) is -0.0288. The molecule has 20 heavy (non-hydrogen) atoms. The quantitative estimate of drug-likeness (QED) is 0.824. The fraction of sp³-hybridized carbons (Fsp3) is 0.500. The molecule has 0 radical (unpaired) electrons. The van der Waals surface area contributed by atoms with Crippen molar-refractivity contribution < 1.29 is 9.59 Å². The van der Waals surface area contributed by atoms with Crippen LogP contribution in [0.3, 0.4) is 0 Å². The number of hydrogen-bond donors (Lipinski definition) is 1. The molecule has 2 aliphatic rings. The number of nitrogens with one attached hydrogen (secondary N) is 1. The number of carbonyl (C=O) groups excluding carboxylic acids is 2. The van der Waals surface area contributed by atoms with Crippen molar-refractivity contribution in [2.24, 2.45) is 0 Å². The summed E-state index contributed by atoms with van der Waals surface area (Å²) in [5.41, 5.74) is 0.179. The van der Waals surface area contributed by atoms with Crippen molar-refractivity contribution in [2.75, 3.05) is 6.54 Å². The van der Waals surface area contributed by atoms with Crippen LogP contribution in [-0.4, -0.2) is 39.9 Å². The normalized spacial score (nSPS) is 24.6. The minimum Gasteiger partial charge on any atom is -0.352 e. The molecule has 2 bridgehead atoms. The standard InChI is InChI=1S/C14H17N3O3/c1-2-16-6-5-9(7-12(16)18)14(20)17-10-3-4-11(17)13(19)15-8-10/h5-7,10-11H,2-4,8H2,1H3,(H,15,19). The van der Waals surface area contributed by atoms with E-state index in [4.69, 9.17) is 0 Å². The molecule has 2 amide bonds. The highest BCUT2D eigenvalue weighted by Crippen LogP contribution is 2.28. The van der Waals surface area contributed by atoms with Gasteiger partial charge in [-0.2, -0.15) is 0 Å². The lowest BCUT2D eigenvalue weighted by atomic mass is 10.1. The summed E-state index contributed by atoms with van der Waals surface area (Å²) in [6.07, 6.45) is 3.16. The van der Waals surface area contributed by atoms with Gasteiger partial charge in [0.1, 0.15) is 6.04 Å². The van der Waals surface area contributed by atoms with Crippen molar-refractivity contribution in [3.05, 3.63) is 34.2 Å². The Hall–Kier alpha value is -2.11. The Kier molecular flexibility index (Phi) is 3.08. The predicted molar refractivity (Wildman–Crippen MR) is 72.4 cm³/mol. The maximum atomic E-state index is 12.6. The third-order valence-corrected chi connectivity index (χ3v) is 4.14. The van der Waals surface area contributed by atoms with Gasteiger partial charge in [-0.3, -0.25) is 14.4 Å². The molecule has 106 valence electrons. The van der Waals surface area contributed by atoms with Crippen LogP contribution in [-0.2, 0) is 11.3 Å². The van der Waals surface area contributed by atoms with E-state index in [-0.39, 0.29) is 29.5 Å². The molecule has 0 spiro atoms. The zero-order valence-corrected chi connectivity index (χ0v) is 11.3. The average molecular weight is 275 g/mol. The average Bonchev–Trinajstić information content (AvgIpc) is 2.78. The number of rotatable bonds is 2. The van der Waals surface area contributed by atoms with Crippen LogP contribution in [0.5, 0.6) is 0 Å². The van der Waals surface area contributed by atoms with Crippen LogP contribution < -0.4 is 10.9 Å². The Bertz CT molecular complexity index is 622. The van der Waals surface area contributed by atoms with E-state index in [0.717, 1.165) is 6.42 Å². The molecule has 2 fully saturated rings. The Morgan fingerprint density at radius 2 is 2.20 bits per heavy atom. The van der Waals surface area contributed by atoms with Gasteiger partial charge in [-0.1, -0.05) is 0 Å². The third-order valence-electron chi connectivity index (χ3n) is 4.14.